The summed E-state index contributed by atoms with van der Waals surface area (Å²) in [7, 11) is 0. The molecule has 1 aliphatic heterocycles. The van der Waals surface area contributed by atoms with Crippen molar-refractivity contribution in [1.29, 1.82) is 0 Å². The molecular weight excluding hydrogens is 302 g/mol. The van der Waals surface area contributed by atoms with Gasteiger partial charge in [-0.25, -0.2) is 5.48 Å². The lowest BCUT2D eigenvalue weighted by Gasteiger charge is -2.20. The van der Waals surface area contributed by atoms with Gasteiger partial charge in [-0.05, 0) is 62.4 Å². The smallest absolute Gasteiger partial charge is 0.218 e. The summed E-state index contributed by atoms with van der Waals surface area (Å²) in [6.07, 6.45) is 9.10. The minimum atomic E-state index is 0.302. The molecule has 0 radical (unpaired) electrons. The number of nitrogens with one attached hydrogen (secondary N) is 1. The summed E-state index contributed by atoms with van der Waals surface area (Å²) in [5.41, 5.74) is 4.15. The van der Waals surface area contributed by atoms with Gasteiger partial charge in [-0.3, -0.25) is 9.69 Å². The van der Waals surface area contributed by atoms with E-state index in [2.05, 4.69) is 24.0 Å². The van der Waals surface area contributed by atoms with Crippen LogP contribution < -0.4 is 10.4 Å². The Morgan fingerprint density at radius 3 is 2.79 bits per heavy atom. The van der Waals surface area contributed by atoms with E-state index in [4.69, 9.17) is 5.21 Å². The monoisotopic (exact) mass is 331 g/mol. The standard InChI is InChI=1S/C19H29N3O2/c1-17-4-2-12-21(14-9-17)15-10-18-5-7-19(8-6-18)22(16-23)13-3-11-20-24/h3,5-8,13,16-17,20,24H,2,4,9-12,14-15H2,1H3/b13-3-. The maximum atomic E-state index is 11.2. The quantitative estimate of drug-likeness (QED) is 0.568. The second kappa shape index (κ2) is 10.2. The number of hydroxylamine groups is 1. The van der Waals surface area contributed by atoms with Crippen LogP contribution >= 0.6 is 0 Å². The number of likely N-dealkylation sites (tertiary alicyclic amines) is 1. The van der Waals surface area contributed by atoms with Gasteiger partial charge in [0.1, 0.15) is 0 Å². The number of amides is 1. The Morgan fingerprint density at radius 1 is 1.29 bits per heavy atom. The normalized spacial score (nSPS) is 19.3. The summed E-state index contributed by atoms with van der Waals surface area (Å²) < 4.78 is 0. The second-order valence-electron chi connectivity index (χ2n) is 6.55. The van der Waals surface area contributed by atoms with Gasteiger partial charge in [0.15, 0.2) is 0 Å². The van der Waals surface area contributed by atoms with Crippen LogP contribution in [0.5, 0.6) is 0 Å². The summed E-state index contributed by atoms with van der Waals surface area (Å²) in [4.78, 5) is 15.2. The van der Waals surface area contributed by atoms with E-state index in [0.717, 1.165) is 31.0 Å². The highest BCUT2D eigenvalue weighted by Gasteiger charge is 2.13. The van der Waals surface area contributed by atoms with Crippen LogP contribution in [-0.4, -0.2) is 42.7 Å². The fraction of sp³-hybridized carbons (Fsp3) is 0.526. The molecule has 0 saturated carbocycles. The predicted molar refractivity (Wildman–Crippen MR) is 97.1 cm³/mol. The maximum absolute atomic E-state index is 11.2. The van der Waals surface area contributed by atoms with Crippen molar-refractivity contribution in [3.05, 3.63) is 42.1 Å². The minimum absolute atomic E-state index is 0.302. The van der Waals surface area contributed by atoms with Crippen LogP contribution in [0.15, 0.2) is 36.5 Å². The van der Waals surface area contributed by atoms with Crippen LogP contribution in [-0.2, 0) is 11.2 Å². The van der Waals surface area contributed by atoms with Crippen molar-refractivity contribution in [2.75, 3.05) is 31.1 Å². The molecule has 1 heterocycles. The third-order valence-electron chi connectivity index (χ3n) is 4.65. The van der Waals surface area contributed by atoms with Crippen molar-refractivity contribution in [2.24, 2.45) is 5.92 Å². The molecule has 0 spiro atoms. The molecule has 24 heavy (non-hydrogen) atoms. The van der Waals surface area contributed by atoms with Crippen molar-refractivity contribution >= 4 is 12.1 Å². The lowest BCUT2D eigenvalue weighted by atomic mass is 10.0. The first-order valence-electron chi connectivity index (χ1n) is 8.81. The van der Waals surface area contributed by atoms with E-state index in [1.165, 1.54) is 42.8 Å². The second-order valence-corrected chi connectivity index (χ2v) is 6.55. The van der Waals surface area contributed by atoms with Crippen LogP contribution in [0.3, 0.4) is 0 Å². The van der Waals surface area contributed by atoms with Crippen molar-refractivity contribution < 1.29 is 10.0 Å². The molecule has 2 N–H and O–H groups in total. The first-order valence-corrected chi connectivity index (χ1v) is 8.81. The molecule has 132 valence electrons. The molecule has 1 aromatic rings. The number of carbonyl (C=O) groups is 1. The largest absolute Gasteiger partial charge is 0.317 e. The van der Waals surface area contributed by atoms with E-state index in [-0.39, 0.29) is 0 Å². The third kappa shape index (κ3) is 6.07. The highest BCUT2D eigenvalue weighted by molar-refractivity contribution is 5.77. The SMILES string of the molecule is CC1CCCN(CCc2ccc(N(C=O)/C=C\CNO)cc2)CC1. The minimum Gasteiger partial charge on any atom is -0.317 e. The molecule has 5 heteroatoms. The Morgan fingerprint density at radius 2 is 2.08 bits per heavy atom. The molecule has 1 aliphatic rings. The zero-order valence-corrected chi connectivity index (χ0v) is 14.5. The molecule has 1 fully saturated rings. The summed E-state index contributed by atoms with van der Waals surface area (Å²) in [6, 6.07) is 8.10. The first kappa shape index (κ1) is 18.6. The topological polar surface area (TPSA) is 55.8 Å². The average Bonchev–Trinajstić information content (AvgIpc) is 2.82. The zero-order chi connectivity index (χ0) is 17.2. The lowest BCUT2D eigenvalue weighted by Crippen LogP contribution is -2.27. The average molecular weight is 331 g/mol. The van der Waals surface area contributed by atoms with Crippen LogP contribution in [0.2, 0.25) is 0 Å². The molecule has 1 amide bonds. The molecule has 0 bridgehead atoms. The number of carbonyl (C=O) groups excluding carboxylic acids is 1. The van der Waals surface area contributed by atoms with Crippen LogP contribution in [0.4, 0.5) is 5.69 Å². The van der Waals surface area contributed by atoms with Gasteiger partial charge >= 0.3 is 0 Å². The van der Waals surface area contributed by atoms with Gasteiger partial charge in [0.2, 0.25) is 6.41 Å². The number of anilines is 1. The number of hydrogen-bond donors (Lipinski definition) is 2. The number of benzene rings is 1. The lowest BCUT2D eigenvalue weighted by molar-refractivity contribution is -0.106. The van der Waals surface area contributed by atoms with Gasteiger partial charge in [-0.2, -0.15) is 0 Å². The van der Waals surface area contributed by atoms with Crippen molar-refractivity contribution in [2.45, 2.75) is 32.6 Å². The van der Waals surface area contributed by atoms with Crippen molar-refractivity contribution in [3.63, 3.8) is 0 Å². The molecule has 2 rings (SSSR count). The number of hydrogen-bond acceptors (Lipinski definition) is 4. The van der Waals surface area contributed by atoms with Gasteiger partial charge < -0.3 is 10.1 Å². The van der Waals surface area contributed by atoms with Gasteiger partial charge in [0.05, 0.1) is 0 Å². The highest BCUT2D eigenvalue weighted by Crippen LogP contribution is 2.18. The van der Waals surface area contributed by atoms with Crippen molar-refractivity contribution in [3.8, 4) is 0 Å². The Kier molecular flexibility index (Phi) is 7.95. The van der Waals surface area contributed by atoms with Crippen molar-refractivity contribution in [1.82, 2.24) is 10.4 Å². The predicted octanol–water partition coefficient (Wildman–Crippen LogP) is 2.81. The third-order valence-corrected chi connectivity index (χ3v) is 4.65. The molecule has 1 unspecified atom stereocenters. The summed E-state index contributed by atoms with van der Waals surface area (Å²) >= 11 is 0. The Labute approximate surface area is 144 Å². The summed E-state index contributed by atoms with van der Waals surface area (Å²) in [5, 5.41) is 8.55. The van der Waals surface area contributed by atoms with E-state index in [9.17, 15) is 4.79 Å². The van der Waals surface area contributed by atoms with Gasteiger partial charge in [0.25, 0.3) is 0 Å². The van der Waals surface area contributed by atoms with Gasteiger partial charge in [-0.1, -0.05) is 25.1 Å². The van der Waals surface area contributed by atoms with Crippen LogP contribution in [0.25, 0.3) is 0 Å². The van der Waals surface area contributed by atoms with Crippen LogP contribution in [0, 0.1) is 5.92 Å². The molecule has 0 aliphatic carbocycles. The molecule has 1 aromatic carbocycles. The van der Waals surface area contributed by atoms with Gasteiger partial charge in [0, 0.05) is 25.0 Å². The van der Waals surface area contributed by atoms with E-state index in [1.54, 1.807) is 12.3 Å². The Balaban J connectivity index is 1.85. The molecule has 1 atom stereocenters. The van der Waals surface area contributed by atoms with E-state index < -0.39 is 0 Å². The summed E-state index contributed by atoms with van der Waals surface area (Å²) in [6.45, 7) is 6.18. The van der Waals surface area contributed by atoms with E-state index in [0.29, 0.717) is 6.54 Å². The summed E-state index contributed by atoms with van der Waals surface area (Å²) in [5.74, 6) is 0.859. The first-order chi connectivity index (χ1) is 11.7. The Bertz CT molecular complexity index is 516. The van der Waals surface area contributed by atoms with Crippen LogP contribution in [0.1, 0.15) is 31.7 Å². The van der Waals surface area contributed by atoms with E-state index >= 15 is 0 Å². The fourth-order valence-electron chi connectivity index (χ4n) is 3.07. The van der Waals surface area contributed by atoms with E-state index in [1.807, 2.05) is 17.6 Å². The maximum Gasteiger partial charge on any atom is 0.218 e. The molecule has 5 nitrogen and oxygen atoms in total. The highest BCUT2D eigenvalue weighted by atomic mass is 16.5. The number of rotatable bonds is 8. The number of nitrogens with zero attached hydrogens (tertiary/aromatic N) is 2. The molecular formula is C19H29N3O2. The Hall–Kier alpha value is -1.69. The zero-order valence-electron chi connectivity index (χ0n) is 14.5. The molecule has 0 aromatic heterocycles. The fourth-order valence-corrected chi connectivity index (χ4v) is 3.07. The molecule has 1 saturated heterocycles. The van der Waals surface area contributed by atoms with Gasteiger partial charge in [-0.15, -0.1) is 0 Å².